The predicted octanol–water partition coefficient (Wildman–Crippen LogP) is 1.63. The van der Waals surface area contributed by atoms with Gasteiger partial charge in [0.2, 0.25) is 0 Å². The van der Waals surface area contributed by atoms with E-state index in [1.807, 2.05) is 0 Å². The van der Waals surface area contributed by atoms with E-state index in [9.17, 15) is 0 Å². The van der Waals surface area contributed by atoms with Crippen LogP contribution in [0.1, 0.15) is 39.5 Å². The fraction of sp³-hybridized carbons (Fsp3) is 1.00. The second kappa shape index (κ2) is 5.68. The predicted molar refractivity (Wildman–Crippen MR) is 77.2 cm³/mol. The lowest BCUT2D eigenvalue weighted by Gasteiger charge is -2.48. The van der Waals surface area contributed by atoms with Crippen LogP contribution in [0.5, 0.6) is 0 Å². The minimum Gasteiger partial charge on any atom is -0.378 e. The summed E-state index contributed by atoms with van der Waals surface area (Å²) in [5, 5.41) is 0. The van der Waals surface area contributed by atoms with Crippen molar-refractivity contribution >= 4 is 0 Å². The molecular formula is C15H30N2O2. The fourth-order valence-electron chi connectivity index (χ4n) is 3.59. The van der Waals surface area contributed by atoms with Gasteiger partial charge < -0.3 is 20.1 Å². The molecule has 0 aromatic heterocycles. The van der Waals surface area contributed by atoms with Crippen molar-refractivity contribution in [2.45, 2.75) is 56.7 Å². The van der Waals surface area contributed by atoms with Crippen molar-refractivity contribution in [3.05, 3.63) is 0 Å². The third kappa shape index (κ3) is 2.82. The zero-order valence-corrected chi connectivity index (χ0v) is 12.9. The van der Waals surface area contributed by atoms with Crippen molar-refractivity contribution in [1.29, 1.82) is 0 Å². The molecule has 2 aliphatic rings. The van der Waals surface area contributed by atoms with Crippen LogP contribution >= 0.6 is 0 Å². The Morgan fingerprint density at radius 2 is 2.16 bits per heavy atom. The zero-order chi connectivity index (χ0) is 14.1. The van der Waals surface area contributed by atoms with Crippen LogP contribution in [-0.2, 0) is 9.47 Å². The van der Waals surface area contributed by atoms with E-state index in [2.05, 4.69) is 32.8 Å². The second-order valence-electron chi connectivity index (χ2n) is 6.72. The average Bonchev–Trinajstić information content (AvgIpc) is 2.84. The molecular weight excluding hydrogens is 240 g/mol. The summed E-state index contributed by atoms with van der Waals surface area (Å²) >= 11 is 0. The molecule has 1 spiro atoms. The van der Waals surface area contributed by atoms with Crippen LogP contribution in [0.15, 0.2) is 0 Å². The monoisotopic (exact) mass is 270 g/mol. The molecule has 0 amide bonds. The highest BCUT2D eigenvalue weighted by molar-refractivity contribution is 5.01. The van der Waals surface area contributed by atoms with Crippen LogP contribution in [0.3, 0.4) is 0 Å². The maximum atomic E-state index is 6.65. The Kier molecular flexibility index (Phi) is 4.56. The van der Waals surface area contributed by atoms with Crippen molar-refractivity contribution in [3.63, 3.8) is 0 Å². The molecule has 4 nitrogen and oxygen atoms in total. The van der Waals surface area contributed by atoms with Gasteiger partial charge in [0, 0.05) is 31.2 Å². The van der Waals surface area contributed by atoms with Crippen LogP contribution in [0.25, 0.3) is 0 Å². The molecule has 2 fully saturated rings. The van der Waals surface area contributed by atoms with Gasteiger partial charge in [-0.3, -0.25) is 0 Å². The highest BCUT2D eigenvalue weighted by Crippen LogP contribution is 2.39. The highest BCUT2D eigenvalue weighted by atomic mass is 16.6. The molecule has 0 radical (unpaired) electrons. The molecule has 2 heterocycles. The molecule has 0 aromatic rings. The largest absolute Gasteiger partial charge is 0.378 e. The number of rotatable bonds is 4. The SMILES string of the molecule is CCC(C)(C(N)C1CCOC2(CCOC2)C1)N(C)C. The number of hydrogen-bond donors (Lipinski definition) is 1. The topological polar surface area (TPSA) is 47.7 Å². The van der Waals surface area contributed by atoms with Gasteiger partial charge >= 0.3 is 0 Å². The van der Waals surface area contributed by atoms with Crippen LogP contribution < -0.4 is 5.73 Å². The minimum absolute atomic E-state index is 0.0402. The van der Waals surface area contributed by atoms with Crippen molar-refractivity contribution < 1.29 is 9.47 Å². The normalized spacial score (nSPS) is 36.6. The van der Waals surface area contributed by atoms with Crippen molar-refractivity contribution in [3.8, 4) is 0 Å². The fourth-order valence-corrected chi connectivity index (χ4v) is 3.59. The van der Waals surface area contributed by atoms with Crippen LogP contribution in [0.4, 0.5) is 0 Å². The summed E-state index contributed by atoms with van der Waals surface area (Å²) in [6.07, 6.45) is 4.23. The number of nitrogens with two attached hydrogens (primary N) is 1. The van der Waals surface area contributed by atoms with E-state index in [1.54, 1.807) is 0 Å². The van der Waals surface area contributed by atoms with E-state index in [4.69, 9.17) is 15.2 Å². The molecule has 0 bridgehead atoms. The number of ether oxygens (including phenoxy) is 2. The summed E-state index contributed by atoms with van der Waals surface area (Å²) in [4.78, 5) is 2.28. The molecule has 0 aromatic carbocycles. The first-order chi connectivity index (χ1) is 8.93. The number of nitrogens with zero attached hydrogens (tertiary/aromatic N) is 1. The van der Waals surface area contributed by atoms with E-state index < -0.39 is 0 Å². The summed E-state index contributed by atoms with van der Waals surface area (Å²) in [5.41, 5.74) is 6.67. The Balaban J connectivity index is 2.08. The van der Waals surface area contributed by atoms with E-state index in [-0.39, 0.29) is 17.2 Å². The first kappa shape index (κ1) is 15.2. The van der Waals surface area contributed by atoms with Gasteiger partial charge in [0.15, 0.2) is 0 Å². The Morgan fingerprint density at radius 3 is 2.68 bits per heavy atom. The molecule has 4 unspecified atom stereocenters. The first-order valence-electron chi connectivity index (χ1n) is 7.58. The van der Waals surface area contributed by atoms with Crippen molar-refractivity contribution in [2.75, 3.05) is 33.9 Å². The Hall–Kier alpha value is -0.160. The molecule has 112 valence electrons. The quantitative estimate of drug-likeness (QED) is 0.843. The minimum atomic E-state index is -0.0402. The van der Waals surface area contributed by atoms with Crippen LogP contribution in [-0.4, -0.2) is 56.0 Å². The maximum Gasteiger partial charge on any atom is 0.0939 e. The summed E-state index contributed by atoms with van der Waals surface area (Å²) in [6, 6.07) is 0.189. The van der Waals surface area contributed by atoms with Gasteiger partial charge in [-0.2, -0.15) is 0 Å². The molecule has 2 N–H and O–H groups in total. The standard InChI is InChI=1S/C15H30N2O2/c1-5-14(2,17(3)4)13(16)12-6-8-19-15(10-12)7-9-18-11-15/h12-13H,5-11,16H2,1-4H3. The van der Waals surface area contributed by atoms with Gasteiger partial charge in [-0.25, -0.2) is 0 Å². The highest BCUT2D eigenvalue weighted by Gasteiger charge is 2.46. The average molecular weight is 270 g/mol. The summed E-state index contributed by atoms with van der Waals surface area (Å²) in [6.45, 7) is 6.93. The summed E-state index contributed by atoms with van der Waals surface area (Å²) < 4.78 is 11.6. The lowest BCUT2D eigenvalue weighted by atomic mass is 9.73. The lowest BCUT2D eigenvalue weighted by molar-refractivity contribution is -0.108. The molecule has 2 aliphatic heterocycles. The van der Waals surface area contributed by atoms with Crippen LogP contribution in [0, 0.1) is 5.92 Å². The smallest absolute Gasteiger partial charge is 0.0939 e. The molecule has 2 rings (SSSR count). The Labute approximate surface area is 117 Å². The van der Waals surface area contributed by atoms with Gasteiger partial charge in [-0.15, -0.1) is 0 Å². The molecule has 0 saturated carbocycles. The van der Waals surface area contributed by atoms with Crippen molar-refractivity contribution in [2.24, 2.45) is 11.7 Å². The molecule has 4 atom stereocenters. The third-order valence-corrected chi connectivity index (χ3v) is 5.56. The van der Waals surface area contributed by atoms with Crippen LogP contribution in [0.2, 0.25) is 0 Å². The van der Waals surface area contributed by atoms with Gasteiger partial charge in [-0.05, 0) is 46.2 Å². The van der Waals surface area contributed by atoms with Crippen molar-refractivity contribution in [1.82, 2.24) is 4.90 Å². The first-order valence-corrected chi connectivity index (χ1v) is 7.58. The molecule has 19 heavy (non-hydrogen) atoms. The third-order valence-electron chi connectivity index (χ3n) is 5.56. The molecule has 0 aliphatic carbocycles. The van der Waals surface area contributed by atoms with Gasteiger partial charge in [0.05, 0.1) is 12.2 Å². The summed E-state index contributed by atoms with van der Waals surface area (Å²) in [7, 11) is 4.27. The number of hydrogen-bond acceptors (Lipinski definition) is 4. The van der Waals surface area contributed by atoms with Gasteiger partial charge in [0.25, 0.3) is 0 Å². The molecule has 4 heteroatoms. The van der Waals surface area contributed by atoms with Gasteiger partial charge in [-0.1, -0.05) is 6.92 Å². The van der Waals surface area contributed by atoms with Gasteiger partial charge in [0.1, 0.15) is 0 Å². The maximum absolute atomic E-state index is 6.65. The molecule has 2 saturated heterocycles. The van der Waals surface area contributed by atoms with E-state index in [0.29, 0.717) is 5.92 Å². The Morgan fingerprint density at radius 1 is 1.42 bits per heavy atom. The second-order valence-corrected chi connectivity index (χ2v) is 6.72. The van der Waals surface area contributed by atoms with E-state index in [1.165, 1.54) is 0 Å². The zero-order valence-electron chi connectivity index (χ0n) is 12.9. The Bertz CT molecular complexity index is 303. The lowest BCUT2D eigenvalue weighted by Crippen LogP contribution is -2.60. The summed E-state index contributed by atoms with van der Waals surface area (Å²) in [5.74, 6) is 0.530. The number of likely N-dealkylation sites (N-methyl/N-ethyl adjacent to an activating group) is 1. The van der Waals surface area contributed by atoms with E-state index in [0.717, 1.165) is 45.5 Å². The van der Waals surface area contributed by atoms with E-state index >= 15 is 0 Å².